The molecule has 0 fully saturated rings. The number of thioether (sulfide) groups is 1. The topological polar surface area (TPSA) is 54.9 Å². The van der Waals surface area contributed by atoms with Gasteiger partial charge in [0, 0.05) is 17.0 Å². The van der Waals surface area contributed by atoms with Crippen molar-refractivity contribution in [2.75, 3.05) is 11.1 Å². The Balaban J connectivity index is 1.69. The number of nitrogens with zero attached hydrogens (tertiary/aromatic N) is 2. The molecule has 0 aliphatic rings. The number of rotatable bonds is 4. The van der Waals surface area contributed by atoms with E-state index in [0.717, 1.165) is 15.9 Å². The lowest BCUT2D eigenvalue weighted by molar-refractivity contribution is -0.113. The number of thiazole rings is 1. The molecule has 2 aromatic heterocycles. The van der Waals surface area contributed by atoms with Crippen LogP contribution in [0.2, 0.25) is 0 Å². The van der Waals surface area contributed by atoms with Gasteiger partial charge in [0.05, 0.1) is 16.3 Å². The third-order valence-electron chi connectivity index (χ3n) is 2.93. The van der Waals surface area contributed by atoms with Gasteiger partial charge in [0.2, 0.25) is 5.91 Å². The molecular weight excluding hydrogens is 302 g/mol. The fourth-order valence-electron chi connectivity index (χ4n) is 1.97. The number of pyridine rings is 1. The smallest absolute Gasteiger partial charge is 0.236 e. The van der Waals surface area contributed by atoms with Crippen LogP contribution in [0.5, 0.6) is 0 Å². The third kappa shape index (κ3) is 3.40. The van der Waals surface area contributed by atoms with Crippen molar-refractivity contribution >= 4 is 45.0 Å². The van der Waals surface area contributed by atoms with Crippen molar-refractivity contribution in [2.45, 2.75) is 11.9 Å². The fraction of sp³-hybridized carbons (Fsp3) is 0.133. The van der Waals surface area contributed by atoms with E-state index < -0.39 is 0 Å². The minimum atomic E-state index is -0.0671. The Kier molecular flexibility index (Phi) is 4.17. The van der Waals surface area contributed by atoms with Crippen LogP contribution in [0.1, 0.15) is 5.56 Å². The van der Waals surface area contributed by atoms with E-state index in [0.29, 0.717) is 10.9 Å². The van der Waals surface area contributed by atoms with E-state index in [2.05, 4.69) is 28.3 Å². The summed E-state index contributed by atoms with van der Waals surface area (Å²) < 4.78 is 0. The van der Waals surface area contributed by atoms with E-state index in [1.165, 1.54) is 28.7 Å². The van der Waals surface area contributed by atoms with Crippen LogP contribution in [-0.4, -0.2) is 21.6 Å². The quantitative estimate of drug-likeness (QED) is 0.745. The highest BCUT2D eigenvalue weighted by Gasteiger charge is 2.07. The lowest BCUT2D eigenvalue weighted by Gasteiger charge is -2.06. The Morgan fingerprint density at radius 1 is 1.38 bits per heavy atom. The number of para-hydroxylation sites is 1. The van der Waals surface area contributed by atoms with Gasteiger partial charge in [0.15, 0.2) is 5.13 Å². The molecule has 1 aromatic carbocycles. The predicted molar refractivity (Wildman–Crippen MR) is 87.9 cm³/mol. The molecule has 0 unspecified atom stereocenters. The average Bonchev–Trinajstić information content (AvgIpc) is 2.98. The molecule has 21 heavy (non-hydrogen) atoms. The van der Waals surface area contributed by atoms with Gasteiger partial charge in [0.1, 0.15) is 0 Å². The van der Waals surface area contributed by atoms with Crippen molar-refractivity contribution in [1.82, 2.24) is 9.97 Å². The monoisotopic (exact) mass is 315 g/mol. The predicted octanol–water partition coefficient (Wildman–Crippen LogP) is 3.73. The highest BCUT2D eigenvalue weighted by atomic mass is 32.2. The Morgan fingerprint density at radius 2 is 2.24 bits per heavy atom. The van der Waals surface area contributed by atoms with E-state index in [4.69, 9.17) is 0 Å². The number of anilines is 1. The number of aromatic nitrogens is 2. The van der Waals surface area contributed by atoms with Crippen molar-refractivity contribution in [3.05, 3.63) is 47.5 Å². The molecule has 4 nitrogen and oxygen atoms in total. The molecule has 0 bridgehead atoms. The number of nitrogens with one attached hydrogen (secondary N) is 1. The molecule has 0 radical (unpaired) electrons. The normalized spacial score (nSPS) is 10.7. The maximum atomic E-state index is 11.8. The van der Waals surface area contributed by atoms with Crippen LogP contribution in [0, 0.1) is 6.92 Å². The molecule has 0 aliphatic heterocycles. The van der Waals surface area contributed by atoms with Crippen LogP contribution in [-0.2, 0) is 4.79 Å². The van der Waals surface area contributed by atoms with Gasteiger partial charge in [-0.05, 0) is 24.6 Å². The summed E-state index contributed by atoms with van der Waals surface area (Å²) in [6.07, 6.45) is 1.67. The van der Waals surface area contributed by atoms with Crippen LogP contribution < -0.4 is 5.32 Å². The maximum absolute atomic E-state index is 11.8. The van der Waals surface area contributed by atoms with Crippen LogP contribution in [0.25, 0.3) is 10.9 Å². The second kappa shape index (κ2) is 6.24. The second-order valence-corrected chi connectivity index (χ2v) is 6.36. The lowest BCUT2D eigenvalue weighted by Crippen LogP contribution is -2.13. The summed E-state index contributed by atoms with van der Waals surface area (Å²) in [6, 6.07) is 10.0. The molecule has 3 aromatic rings. The van der Waals surface area contributed by atoms with Crippen LogP contribution in [0.4, 0.5) is 5.13 Å². The molecule has 2 heterocycles. The summed E-state index contributed by atoms with van der Waals surface area (Å²) in [4.78, 5) is 20.4. The summed E-state index contributed by atoms with van der Waals surface area (Å²) in [6.45, 7) is 2.06. The fourth-order valence-corrected chi connectivity index (χ4v) is 3.29. The minimum Gasteiger partial charge on any atom is -0.301 e. The summed E-state index contributed by atoms with van der Waals surface area (Å²) in [5, 5.41) is 7.23. The molecular formula is C15H13N3OS2. The first-order valence-electron chi connectivity index (χ1n) is 6.41. The van der Waals surface area contributed by atoms with Gasteiger partial charge in [0.25, 0.3) is 0 Å². The number of benzene rings is 1. The molecule has 0 saturated heterocycles. The average molecular weight is 315 g/mol. The van der Waals surface area contributed by atoms with E-state index in [-0.39, 0.29) is 5.91 Å². The van der Waals surface area contributed by atoms with Gasteiger partial charge < -0.3 is 5.32 Å². The molecule has 6 heteroatoms. The van der Waals surface area contributed by atoms with E-state index in [1.54, 1.807) is 6.20 Å². The van der Waals surface area contributed by atoms with Crippen molar-refractivity contribution < 1.29 is 4.79 Å². The minimum absolute atomic E-state index is 0.0671. The number of carbonyl (C=O) groups excluding carboxylic acids is 1. The van der Waals surface area contributed by atoms with E-state index in [9.17, 15) is 4.79 Å². The van der Waals surface area contributed by atoms with Gasteiger partial charge in [-0.15, -0.1) is 11.3 Å². The molecule has 106 valence electrons. The van der Waals surface area contributed by atoms with Gasteiger partial charge in [-0.1, -0.05) is 30.0 Å². The van der Waals surface area contributed by atoms with E-state index >= 15 is 0 Å². The molecule has 3 rings (SSSR count). The Hall–Kier alpha value is -1.92. The van der Waals surface area contributed by atoms with Gasteiger partial charge in [-0.25, -0.2) is 9.97 Å². The third-order valence-corrected chi connectivity index (χ3v) is 4.53. The van der Waals surface area contributed by atoms with E-state index in [1.807, 2.05) is 29.6 Å². The molecule has 0 aliphatic carbocycles. The number of amides is 1. The zero-order chi connectivity index (χ0) is 14.7. The standard InChI is InChI=1S/C15H13N3OS2/c1-10-8-14(17-12-5-3-2-4-11(10)12)21-9-13(19)18-15-16-6-7-20-15/h2-8H,9H2,1H3,(H,16,18,19). The molecule has 0 saturated carbocycles. The van der Waals surface area contributed by atoms with Crippen molar-refractivity contribution in [1.29, 1.82) is 0 Å². The first-order chi connectivity index (χ1) is 10.2. The summed E-state index contributed by atoms with van der Waals surface area (Å²) in [5.74, 6) is 0.257. The van der Waals surface area contributed by atoms with Crippen molar-refractivity contribution in [2.24, 2.45) is 0 Å². The first kappa shape index (κ1) is 14.0. The number of carbonyl (C=O) groups is 1. The van der Waals surface area contributed by atoms with Gasteiger partial charge in [-0.3, -0.25) is 4.79 Å². The molecule has 1 amide bonds. The highest BCUT2D eigenvalue weighted by Crippen LogP contribution is 2.23. The highest BCUT2D eigenvalue weighted by molar-refractivity contribution is 7.99. The van der Waals surface area contributed by atoms with Crippen LogP contribution in [0.15, 0.2) is 46.9 Å². The van der Waals surface area contributed by atoms with Gasteiger partial charge in [-0.2, -0.15) is 0 Å². The largest absolute Gasteiger partial charge is 0.301 e. The number of hydrogen-bond donors (Lipinski definition) is 1. The molecule has 0 atom stereocenters. The van der Waals surface area contributed by atoms with Crippen LogP contribution >= 0.6 is 23.1 Å². The molecule has 0 spiro atoms. The summed E-state index contributed by atoms with van der Waals surface area (Å²) in [5.41, 5.74) is 2.13. The van der Waals surface area contributed by atoms with Crippen molar-refractivity contribution in [3.63, 3.8) is 0 Å². The summed E-state index contributed by atoms with van der Waals surface area (Å²) in [7, 11) is 0. The zero-order valence-corrected chi connectivity index (χ0v) is 13.0. The lowest BCUT2D eigenvalue weighted by atomic mass is 10.1. The summed E-state index contributed by atoms with van der Waals surface area (Å²) >= 11 is 2.84. The zero-order valence-electron chi connectivity index (χ0n) is 11.4. The second-order valence-electron chi connectivity index (χ2n) is 4.47. The molecule has 1 N–H and O–H groups in total. The number of hydrogen-bond acceptors (Lipinski definition) is 5. The van der Waals surface area contributed by atoms with Crippen molar-refractivity contribution in [3.8, 4) is 0 Å². The first-order valence-corrected chi connectivity index (χ1v) is 8.27. The maximum Gasteiger partial charge on any atom is 0.236 e. The number of fused-ring (bicyclic) bond motifs is 1. The van der Waals surface area contributed by atoms with Crippen LogP contribution in [0.3, 0.4) is 0 Å². The SMILES string of the molecule is Cc1cc(SCC(=O)Nc2nccs2)nc2ccccc12. The Bertz CT molecular complexity index is 772. The number of aryl methyl sites for hydroxylation is 1. The van der Waals surface area contributed by atoms with Gasteiger partial charge >= 0.3 is 0 Å². The Morgan fingerprint density at radius 3 is 3.05 bits per heavy atom. The Labute approximate surface area is 130 Å².